The number of carbonyl (C=O) groups excluding carboxylic acids is 1. The Balaban J connectivity index is 2.13. The van der Waals surface area contributed by atoms with Crippen molar-refractivity contribution in [1.82, 2.24) is 0 Å². The monoisotopic (exact) mass is 230 g/mol. The van der Waals surface area contributed by atoms with E-state index in [0.717, 1.165) is 19.3 Å². The summed E-state index contributed by atoms with van der Waals surface area (Å²) in [6.07, 6.45) is 2.91. The minimum absolute atomic E-state index is 0.144. The highest BCUT2D eigenvalue weighted by Gasteiger charge is 2.34. The van der Waals surface area contributed by atoms with Crippen LogP contribution in [0, 0.1) is 5.92 Å². The topological polar surface area (TPSA) is 44.8 Å². The van der Waals surface area contributed by atoms with Gasteiger partial charge in [-0.1, -0.05) is 6.92 Å². The maximum absolute atomic E-state index is 11.3. The first-order valence-corrected chi connectivity index (χ1v) is 5.87. The molecular weight excluding hydrogens is 208 g/mol. The molecule has 0 saturated carbocycles. The molecule has 0 aromatic heterocycles. The third-order valence-electron chi connectivity index (χ3n) is 2.91. The number of hydrogen-bond acceptors (Lipinski definition) is 4. The third kappa shape index (κ3) is 4.20. The number of ether oxygens (including phenoxy) is 3. The molecule has 1 fully saturated rings. The maximum atomic E-state index is 11.3. The highest BCUT2D eigenvalue weighted by Crippen LogP contribution is 2.29. The lowest BCUT2D eigenvalue weighted by molar-refractivity contribution is -0.129. The first kappa shape index (κ1) is 13.6. The Bertz CT molecular complexity index is 217. The van der Waals surface area contributed by atoms with Gasteiger partial charge in [0.25, 0.3) is 0 Å². The summed E-state index contributed by atoms with van der Waals surface area (Å²) >= 11 is 0. The van der Waals surface area contributed by atoms with Gasteiger partial charge in [-0.2, -0.15) is 0 Å². The molecule has 1 aliphatic heterocycles. The van der Waals surface area contributed by atoms with Crippen LogP contribution in [0.1, 0.15) is 33.1 Å². The molecule has 0 spiro atoms. The molecule has 0 aromatic carbocycles. The van der Waals surface area contributed by atoms with E-state index in [9.17, 15) is 4.79 Å². The molecule has 0 radical (unpaired) electrons. The van der Waals surface area contributed by atoms with Crippen molar-refractivity contribution in [2.45, 2.75) is 45.3 Å². The average molecular weight is 230 g/mol. The van der Waals surface area contributed by atoms with Crippen LogP contribution in [0.5, 0.6) is 0 Å². The maximum Gasteiger partial charge on any atom is 0.158 e. The van der Waals surface area contributed by atoms with E-state index >= 15 is 0 Å². The van der Waals surface area contributed by atoms with Crippen molar-refractivity contribution in [3.8, 4) is 0 Å². The van der Waals surface area contributed by atoms with Crippen LogP contribution >= 0.6 is 0 Å². The molecule has 16 heavy (non-hydrogen) atoms. The van der Waals surface area contributed by atoms with E-state index in [0.29, 0.717) is 19.3 Å². The highest BCUT2D eigenvalue weighted by molar-refractivity contribution is 5.81. The Morgan fingerprint density at radius 2 is 2.25 bits per heavy atom. The molecule has 1 aliphatic rings. The number of Topliss-reactive ketones (excluding diaryl/α,β-unsaturated/α-hetero) is 1. The standard InChI is InChI=1S/C12H22O4/c1-9-7-11(16-12(9)10(2)13)5-4-6-15-8-14-3/h9,11-12H,4-8H2,1-3H3/t9-,11-,12-/m1/s1. The second kappa shape index (κ2) is 6.99. The zero-order valence-electron chi connectivity index (χ0n) is 10.4. The first-order chi connectivity index (χ1) is 7.65. The molecule has 1 rings (SSSR count). The summed E-state index contributed by atoms with van der Waals surface area (Å²) in [6, 6.07) is 0. The van der Waals surface area contributed by atoms with Crippen molar-refractivity contribution in [2.24, 2.45) is 5.92 Å². The Kier molecular flexibility index (Phi) is 5.95. The lowest BCUT2D eigenvalue weighted by Crippen LogP contribution is -2.23. The van der Waals surface area contributed by atoms with Crippen molar-refractivity contribution in [2.75, 3.05) is 20.5 Å². The van der Waals surface area contributed by atoms with Crippen LogP contribution in [0.3, 0.4) is 0 Å². The molecule has 0 bridgehead atoms. The van der Waals surface area contributed by atoms with Crippen LogP contribution in [0.2, 0.25) is 0 Å². The van der Waals surface area contributed by atoms with Gasteiger partial charge < -0.3 is 14.2 Å². The van der Waals surface area contributed by atoms with E-state index in [4.69, 9.17) is 14.2 Å². The zero-order valence-corrected chi connectivity index (χ0v) is 10.4. The fourth-order valence-corrected chi connectivity index (χ4v) is 2.17. The van der Waals surface area contributed by atoms with Crippen molar-refractivity contribution < 1.29 is 19.0 Å². The minimum Gasteiger partial charge on any atom is -0.367 e. The van der Waals surface area contributed by atoms with Crippen molar-refractivity contribution in [3.63, 3.8) is 0 Å². The molecule has 94 valence electrons. The number of rotatable bonds is 7. The second-order valence-electron chi connectivity index (χ2n) is 4.46. The van der Waals surface area contributed by atoms with Gasteiger partial charge in [-0.05, 0) is 32.1 Å². The van der Waals surface area contributed by atoms with Crippen LogP contribution in [-0.4, -0.2) is 38.5 Å². The SMILES string of the molecule is COCOCCC[C@@H]1C[C@@H](C)[C@H](C(C)=O)O1. The Labute approximate surface area is 97.2 Å². The van der Waals surface area contributed by atoms with Gasteiger partial charge >= 0.3 is 0 Å². The van der Waals surface area contributed by atoms with E-state index in [1.807, 2.05) is 0 Å². The molecule has 0 aromatic rings. The van der Waals surface area contributed by atoms with E-state index in [-0.39, 0.29) is 18.0 Å². The Morgan fingerprint density at radius 1 is 1.50 bits per heavy atom. The van der Waals surface area contributed by atoms with E-state index in [2.05, 4.69) is 6.92 Å². The summed E-state index contributed by atoms with van der Waals surface area (Å²) in [5.41, 5.74) is 0. The summed E-state index contributed by atoms with van der Waals surface area (Å²) in [7, 11) is 1.61. The van der Waals surface area contributed by atoms with Gasteiger partial charge in [-0.15, -0.1) is 0 Å². The average Bonchev–Trinajstić information content (AvgIpc) is 2.59. The number of methoxy groups -OCH3 is 1. The van der Waals surface area contributed by atoms with Gasteiger partial charge in [0.15, 0.2) is 5.78 Å². The molecule has 0 N–H and O–H groups in total. The summed E-state index contributed by atoms with van der Waals surface area (Å²) in [5, 5.41) is 0. The fourth-order valence-electron chi connectivity index (χ4n) is 2.17. The lowest BCUT2D eigenvalue weighted by atomic mass is 9.98. The molecule has 0 amide bonds. The second-order valence-corrected chi connectivity index (χ2v) is 4.46. The Morgan fingerprint density at radius 3 is 2.81 bits per heavy atom. The van der Waals surface area contributed by atoms with Gasteiger partial charge in [-0.25, -0.2) is 0 Å². The molecule has 0 aliphatic carbocycles. The smallest absolute Gasteiger partial charge is 0.158 e. The number of carbonyl (C=O) groups is 1. The van der Waals surface area contributed by atoms with Gasteiger partial charge in [0.1, 0.15) is 12.9 Å². The summed E-state index contributed by atoms with van der Waals surface area (Å²) in [6.45, 7) is 4.71. The molecule has 4 heteroatoms. The molecular formula is C12H22O4. The van der Waals surface area contributed by atoms with Crippen LogP contribution < -0.4 is 0 Å². The summed E-state index contributed by atoms with van der Waals surface area (Å²) in [4.78, 5) is 11.3. The van der Waals surface area contributed by atoms with Gasteiger partial charge in [0, 0.05) is 13.7 Å². The highest BCUT2D eigenvalue weighted by atomic mass is 16.7. The molecule has 1 saturated heterocycles. The van der Waals surface area contributed by atoms with E-state index < -0.39 is 0 Å². The van der Waals surface area contributed by atoms with Gasteiger partial charge in [-0.3, -0.25) is 4.79 Å². The van der Waals surface area contributed by atoms with Crippen molar-refractivity contribution in [1.29, 1.82) is 0 Å². The first-order valence-electron chi connectivity index (χ1n) is 5.87. The quantitative estimate of drug-likeness (QED) is 0.494. The predicted octanol–water partition coefficient (Wildman–Crippen LogP) is 1.77. The van der Waals surface area contributed by atoms with Gasteiger partial charge in [0.2, 0.25) is 0 Å². The van der Waals surface area contributed by atoms with Crippen LogP contribution in [-0.2, 0) is 19.0 Å². The zero-order chi connectivity index (χ0) is 12.0. The largest absolute Gasteiger partial charge is 0.367 e. The molecule has 1 heterocycles. The van der Waals surface area contributed by atoms with Crippen LogP contribution in [0.15, 0.2) is 0 Å². The number of ketones is 1. The van der Waals surface area contributed by atoms with Crippen LogP contribution in [0.25, 0.3) is 0 Å². The van der Waals surface area contributed by atoms with E-state index in [1.54, 1.807) is 14.0 Å². The van der Waals surface area contributed by atoms with Crippen LogP contribution in [0.4, 0.5) is 0 Å². The van der Waals surface area contributed by atoms with E-state index in [1.165, 1.54) is 0 Å². The third-order valence-corrected chi connectivity index (χ3v) is 2.91. The molecule has 0 unspecified atom stereocenters. The predicted molar refractivity (Wildman–Crippen MR) is 60.2 cm³/mol. The number of hydrogen-bond donors (Lipinski definition) is 0. The summed E-state index contributed by atoms with van der Waals surface area (Å²) < 4.78 is 15.7. The minimum atomic E-state index is -0.190. The molecule has 4 nitrogen and oxygen atoms in total. The lowest BCUT2D eigenvalue weighted by Gasteiger charge is -2.12. The summed E-state index contributed by atoms with van der Waals surface area (Å²) in [5.74, 6) is 0.494. The normalized spacial score (nSPS) is 29.6. The van der Waals surface area contributed by atoms with Crippen molar-refractivity contribution >= 4 is 5.78 Å². The Hall–Kier alpha value is -0.450. The molecule has 3 atom stereocenters. The fraction of sp³-hybridized carbons (Fsp3) is 0.917. The van der Waals surface area contributed by atoms with Crippen molar-refractivity contribution in [3.05, 3.63) is 0 Å². The van der Waals surface area contributed by atoms with Gasteiger partial charge in [0.05, 0.1) is 6.10 Å².